The molecule has 4 nitrogen and oxygen atoms in total. The predicted octanol–water partition coefficient (Wildman–Crippen LogP) is 9.40. The van der Waals surface area contributed by atoms with E-state index in [1.165, 1.54) is 44.2 Å². The average molecular weight is 606 g/mol. The molecule has 0 aromatic carbocycles. The molecule has 3 fully saturated rings. The van der Waals surface area contributed by atoms with Crippen molar-refractivity contribution < 1.29 is 30.9 Å². The van der Waals surface area contributed by atoms with Crippen LogP contribution in [0.5, 0.6) is 0 Å². The molecular formula is C33H60N3OZr-5. The normalized spacial score (nSPS) is 36.0. The molecule has 0 aromatic heterocycles. The van der Waals surface area contributed by atoms with Gasteiger partial charge in [-0.1, -0.05) is 89.7 Å². The number of hydrogen-bond donors (Lipinski definition) is 0. The van der Waals surface area contributed by atoms with Crippen LogP contribution in [0, 0.1) is 55.8 Å². The summed E-state index contributed by atoms with van der Waals surface area (Å²) in [6.07, 6.45) is 14.3. The molecule has 2 aliphatic carbocycles. The fourth-order valence-corrected chi connectivity index (χ4v) is 7.28. The second kappa shape index (κ2) is 18.5. The smallest absolute Gasteiger partial charge is 0.0466 e. The van der Waals surface area contributed by atoms with Gasteiger partial charge in [-0.3, -0.25) is 0 Å². The summed E-state index contributed by atoms with van der Waals surface area (Å²) < 4.78 is 4.94. The minimum absolute atomic E-state index is 0. The summed E-state index contributed by atoms with van der Waals surface area (Å²) in [5, 5.41) is 15.6. The molecule has 1 saturated heterocycles. The van der Waals surface area contributed by atoms with Crippen molar-refractivity contribution in [3.63, 3.8) is 0 Å². The standard InChI is InChI=1S/C27H46N3.C4H8O.2CH3.Zr/c1-18-12-20(3)25(21(4)13-18)29-16-27(7,24-10-8-9-11-28-24)17-30-26-22(5)14-19(2)15-23(26)6;1-2-4-5-3-1;;;/h8-10,18-23,25-26H,11-17H2,1-7H3;1-4H2;2*1H3;/q-3;;2*-1;. The van der Waals surface area contributed by atoms with Crippen molar-refractivity contribution >= 4 is 0 Å². The second-order valence-corrected chi connectivity index (χ2v) is 12.9. The first-order chi connectivity index (χ1) is 16.7. The number of ether oxygens (including phenoxy) is 1. The summed E-state index contributed by atoms with van der Waals surface area (Å²) in [5.74, 6) is 4.40. The first-order valence-electron chi connectivity index (χ1n) is 14.7. The average Bonchev–Trinajstić information content (AvgIpc) is 3.38. The van der Waals surface area contributed by atoms with Gasteiger partial charge in [-0.15, -0.1) is 37.8 Å². The Bertz CT molecular complexity index is 626. The molecule has 0 aromatic rings. The van der Waals surface area contributed by atoms with Gasteiger partial charge >= 0.3 is 0 Å². The first-order valence-corrected chi connectivity index (χ1v) is 14.7. The third-order valence-electron chi connectivity index (χ3n) is 8.93. The quantitative estimate of drug-likeness (QED) is 0.267. The summed E-state index contributed by atoms with van der Waals surface area (Å²) in [6.45, 7) is 21.3. The molecule has 0 N–H and O–H groups in total. The second-order valence-electron chi connectivity index (χ2n) is 12.9. The van der Waals surface area contributed by atoms with E-state index < -0.39 is 0 Å². The molecule has 222 valence electrons. The minimum Gasteiger partial charge on any atom is -0.684 e. The first kappa shape index (κ1) is 38.0. The number of hydrogen-bond acceptors (Lipinski definition) is 1. The van der Waals surface area contributed by atoms with Crippen molar-refractivity contribution in [2.24, 2.45) is 40.9 Å². The van der Waals surface area contributed by atoms with Crippen molar-refractivity contribution in [2.75, 3.05) is 32.8 Å². The summed E-state index contributed by atoms with van der Waals surface area (Å²) in [5.41, 5.74) is 1.11. The maximum atomic E-state index is 5.36. The van der Waals surface area contributed by atoms with E-state index in [0.717, 1.165) is 44.7 Å². The van der Waals surface area contributed by atoms with Gasteiger partial charge in [0, 0.05) is 39.4 Å². The zero-order valence-electron chi connectivity index (χ0n) is 26.4. The Labute approximate surface area is 257 Å². The Morgan fingerprint density at radius 1 is 0.789 bits per heavy atom. The molecule has 5 heteroatoms. The Morgan fingerprint density at radius 3 is 1.53 bits per heavy atom. The zero-order valence-corrected chi connectivity index (χ0v) is 28.8. The van der Waals surface area contributed by atoms with Crippen LogP contribution in [0.4, 0.5) is 0 Å². The predicted molar refractivity (Wildman–Crippen MR) is 164 cm³/mol. The van der Waals surface area contributed by atoms with Crippen LogP contribution in [-0.4, -0.2) is 44.9 Å². The van der Waals surface area contributed by atoms with E-state index in [9.17, 15) is 0 Å². The Morgan fingerprint density at radius 2 is 1.21 bits per heavy atom. The number of rotatable bonds is 7. The third kappa shape index (κ3) is 11.1. The van der Waals surface area contributed by atoms with Crippen LogP contribution in [-0.2, 0) is 30.9 Å². The van der Waals surface area contributed by atoms with Crippen LogP contribution in [0.3, 0.4) is 0 Å². The third-order valence-corrected chi connectivity index (χ3v) is 8.93. The van der Waals surface area contributed by atoms with E-state index in [2.05, 4.69) is 66.7 Å². The van der Waals surface area contributed by atoms with Gasteiger partial charge in [-0.25, -0.2) is 0 Å². The van der Waals surface area contributed by atoms with Gasteiger partial charge in [-0.05, 0) is 50.4 Å². The minimum atomic E-state index is -0.0875. The van der Waals surface area contributed by atoms with Crippen LogP contribution < -0.4 is 0 Å². The molecule has 4 rings (SSSR count). The van der Waals surface area contributed by atoms with Crippen LogP contribution in [0.15, 0.2) is 23.9 Å². The van der Waals surface area contributed by atoms with E-state index in [1.54, 1.807) is 0 Å². The largest absolute Gasteiger partial charge is 0.684 e. The van der Waals surface area contributed by atoms with Crippen molar-refractivity contribution in [1.82, 2.24) is 0 Å². The molecule has 2 heterocycles. The van der Waals surface area contributed by atoms with Gasteiger partial charge in [0.05, 0.1) is 0 Å². The van der Waals surface area contributed by atoms with Gasteiger partial charge in [-0.2, -0.15) is 5.70 Å². The zero-order chi connectivity index (χ0) is 25.4. The maximum absolute atomic E-state index is 5.36. The van der Waals surface area contributed by atoms with Crippen LogP contribution in [0.25, 0.3) is 16.0 Å². The van der Waals surface area contributed by atoms with Crippen molar-refractivity contribution in [3.8, 4) is 0 Å². The topological polar surface area (TPSA) is 51.5 Å². The summed E-state index contributed by atoms with van der Waals surface area (Å²) in [7, 11) is 0. The molecule has 0 bridgehead atoms. The molecular weight excluding hydrogens is 546 g/mol. The van der Waals surface area contributed by atoms with Crippen molar-refractivity contribution in [1.29, 1.82) is 0 Å². The van der Waals surface area contributed by atoms with Crippen LogP contribution in [0.1, 0.15) is 87.0 Å². The molecule has 2 aliphatic heterocycles. The summed E-state index contributed by atoms with van der Waals surface area (Å²) >= 11 is 0. The molecule has 0 amide bonds. The van der Waals surface area contributed by atoms with Gasteiger partial charge < -0.3 is 35.5 Å². The van der Waals surface area contributed by atoms with Gasteiger partial charge in [0.1, 0.15) is 0 Å². The van der Waals surface area contributed by atoms with E-state index in [0.29, 0.717) is 35.8 Å². The molecule has 0 radical (unpaired) electrons. The van der Waals surface area contributed by atoms with Gasteiger partial charge in [0.25, 0.3) is 0 Å². The van der Waals surface area contributed by atoms with Crippen molar-refractivity contribution in [3.05, 3.63) is 54.7 Å². The molecule has 0 spiro atoms. The Hall–Kier alpha value is 0.0431. The Kier molecular flexibility index (Phi) is 18.5. The van der Waals surface area contributed by atoms with E-state index in [4.69, 9.17) is 20.7 Å². The van der Waals surface area contributed by atoms with Gasteiger partial charge in [0.2, 0.25) is 0 Å². The van der Waals surface area contributed by atoms with E-state index >= 15 is 0 Å². The monoisotopic (exact) mass is 604 g/mol. The Balaban J connectivity index is 0.00000154. The molecule has 4 atom stereocenters. The van der Waals surface area contributed by atoms with Crippen LogP contribution in [0.2, 0.25) is 0 Å². The molecule has 2 saturated carbocycles. The molecule has 4 aliphatic rings. The fraction of sp³-hybridized carbons (Fsp3) is 0.818. The molecule has 38 heavy (non-hydrogen) atoms. The summed E-state index contributed by atoms with van der Waals surface area (Å²) in [4.78, 5) is 0. The number of allylic oxidation sites excluding steroid dienone is 2. The summed E-state index contributed by atoms with van der Waals surface area (Å²) in [6, 6.07) is 0.960. The van der Waals surface area contributed by atoms with E-state index in [1.807, 2.05) is 0 Å². The van der Waals surface area contributed by atoms with Crippen LogP contribution >= 0.6 is 0 Å². The fourth-order valence-electron chi connectivity index (χ4n) is 7.28. The van der Waals surface area contributed by atoms with Crippen molar-refractivity contribution in [2.45, 2.75) is 99.1 Å². The SMILES string of the molecule is C1CCOC1.CC1CC(C)C([N-]CC(C)(C[N-]C2C(C)CC(C)CC2C)C2=CC=CC[N-]2)C(C)C1.[CH3-].[CH3-].[Zr]. The molecule has 4 unspecified atom stereocenters. The van der Waals surface area contributed by atoms with E-state index in [-0.39, 0.29) is 46.5 Å². The number of nitrogens with zero attached hydrogens (tertiary/aromatic N) is 3. The maximum Gasteiger partial charge on any atom is 0.0466 e. The van der Waals surface area contributed by atoms with Gasteiger partial charge in [0.15, 0.2) is 0 Å².